The number of rotatable bonds is 4. The highest BCUT2D eigenvalue weighted by molar-refractivity contribution is 5.54. The summed E-state index contributed by atoms with van der Waals surface area (Å²) in [6.07, 6.45) is -0.500. The molecule has 0 bridgehead atoms. The van der Waals surface area contributed by atoms with Crippen LogP contribution in [0.2, 0.25) is 0 Å². The number of aliphatic hydroxyl groups excluding tert-OH is 1. The monoisotopic (exact) mass is 271 g/mol. The van der Waals surface area contributed by atoms with Crippen LogP contribution >= 0.6 is 0 Å². The van der Waals surface area contributed by atoms with Crippen LogP contribution in [0.3, 0.4) is 0 Å². The summed E-state index contributed by atoms with van der Waals surface area (Å²) in [5.41, 5.74) is 2.86. The maximum absolute atomic E-state index is 9.77. The summed E-state index contributed by atoms with van der Waals surface area (Å²) in [5.74, 6) is 1.59. The smallest absolute Gasteiger partial charge is 0.231 e. The van der Waals surface area contributed by atoms with Gasteiger partial charge in [0.05, 0.1) is 6.10 Å². The third-order valence-corrected chi connectivity index (χ3v) is 3.36. The molecule has 3 rings (SSSR count). The van der Waals surface area contributed by atoms with Gasteiger partial charge in [0, 0.05) is 23.4 Å². The largest absolute Gasteiger partial charge is 0.454 e. The van der Waals surface area contributed by atoms with E-state index in [1.807, 2.05) is 42.5 Å². The van der Waals surface area contributed by atoms with Gasteiger partial charge in [-0.15, -0.1) is 0 Å². The van der Waals surface area contributed by atoms with Crippen LogP contribution in [0.4, 0.5) is 5.69 Å². The van der Waals surface area contributed by atoms with Crippen LogP contribution in [0.15, 0.2) is 42.5 Å². The minimum Gasteiger partial charge on any atom is -0.454 e. The normalized spacial score (nSPS) is 14.1. The minimum absolute atomic E-state index is 0.274. The van der Waals surface area contributed by atoms with E-state index in [0.717, 1.165) is 28.3 Å². The van der Waals surface area contributed by atoms with E-state index in [9.17, 15) is 5.11 Å². The Hall–Kier alpha value is -2.20. The van der Waals surface area contributed by atoms with Gasteiger partial charge in [0.2, 0.25) is 6.79 Å². The van der Waals surface area contributed by atoms with E-state index in [2.05, 4.69) is 5.32 Å². The van der Waals surface area contributed by atoms with Crippen molar-refractivity contribution in [3.05, 3.63) is 53.6 Å². The van der Waals surface area contributed by atoms with Gasteiger partial charge in [0.25, 0.3) is 0 Å². The zero-order valence-corrected chi connectivity index (χ0v) is 11.3. The summed E-state index contributed by atoms with van der Waals surface area (Å²) >= 11 is 0. The highest BCUT2D eigenvalue weighted by Gasteiger charge is 2.17. The summed E-state index contributed by atoms with van der Waals surface area (Å²) < 4.78 is 10.8. The Morgan fingerprint density at radius 2 is 2.00 bits per heavy atom. The fraction of sp³-hybridized carbons (Fsp3) is 0.250. The number of nitrogens with one attached hydrogen (secondary N) is 1. The Morgan fingerprint density at radius 3 is 2.85 bits per heavy atom. The van der Waals surface area contributed by atoms with Gasteiger partial charge in [-0.3, -0.25) is 0 Å². The van der Waals surface area contributed by atoms with Crippen LogP contribution in [-0.4, -0.2) is 11.9 Å². The van der Waals surface area contributed by atoms with Gasteiger partial charge in [-0.25, -0.2) is 0 Å². The van der Waals surface area contributed by atoms with Gasteiger partial charge >= 0.3 is 0 Å². The summed E-state index contributed by atoms with van der Waals surface area (Å²) in [6, 6.07) is 13.6. The first-order valence-corrected chi connectivity index (χ1v) is 6.64. The molecule has 1 aliphatic rings. The summed E-state index contributed by atoms with van der Waals surface area (Å²) in [4.78, 5) is 0. The van der Waals surface area contributed by atoms with Gasteiger partial charge in [0.1, 0.15) is 0 Å². The van der Waals surface area contributed by atoms with Crippen molar-refractivity contribution in [3.63, 3.8) is 0 Å². The third-order valence-electron chi connectivity index (χ3n) is 3.36. The Balaban J connectivity index is 1.79. The number of para-hydroxylation sites is 2. The molecule has 0 amide bonds. The van der Waals surface area contributed by atoms with E-state index < -0.39 is 6.10 Å². The Bertz CT molecular complexity index is 610. The first kappa shape index (κ1) is 12.8. The molecule has 0 radical (unpaired) electrons. The molecule has 20 heavy (non-hydrogen) atoms. The van der Waals surface area contributed by atoms with Crippen molar-refractivity contribution in [2.45, 2.75) is 19.6 Å². The van der Waals surface area contributed by atoms with E-state index >= 15 is 0 Å². The molecular weight excluding hydrogens is 254 g/mol. The lowest BCUT2D eigenvalue weighted by Gasteiger charge is -2.14. The second kappa shape index (κ2) is 5.43. The second-order valence-electron chi connectivity index (χ2n) is 4.77. The molecule has 1 atom stereocenters. The molecule has 1 aliphatic heterocycles. The van der Waals surface area contributed by atoms with Crippen molar-refractivity contribution >= 4 is 5.69 Å². The van der Waals surface area contributed by atoms with Crippen LogP contribution in [0, 0.1) is 0 Å². The Labute approximate surface area is 118 Å². The van der Waals surface area contributed by atoms with E-state index in [-0.39, 0.29) is 6.79 Å². The molecule has 4 nitrogen and oxygen atoms in total. The van der Waals surface area contributed by atoms with Crippen molar-refractivity contribution in [1.29, 1.82) is 0 Å². The number of hydrogen-bond acceptors (Lipinski definition) is 4. The lowest BCUT2D eigenvalue weighted by molar-refractivity contribution is 0.173. The molecule has 104 valence electrons. The molecule has 2 aromatic rings. The highest BCUT2D eigenvalue weighted by Crippen LogP contribution is 2.35. The SMILES string of the molecule is CC(O)c1ccccc1NCc1cccc2c1OCO2. The minimum atomic E-state index is -0.500. The van der Waals surface area contributed by atoms with Gasteiger partial charge in [-0.1, -0.05) is 30.3 Å². The van der Waals surface area contributed by atoms with Gasteiger partial charge in [-0.05, 0) is 19.1 Å². The molecule has 0 fully saturated rings. The van der Waals surface area contributed by atoms with Crippen molar-refractivity contribution in [3.8, 4) is 11.5 Å². The quantitative estimate of drug-likeness (QED) is 0.897. The van der Waals surface area contributed by atoms with Crippen LogP contribution in [0.5, 0.6) is 11.5 Å². The van der Waals surface area contributed by atoms with Gasteiger partial charge in [0.15, 0.2) is 11.5 Å². The topological polar surface area (TPSA) is 50.7 Å². The molecule has 0 spiro atoms. The highest BCUT2D eigenvalue weighted by atomic mass is 16.7. The van der Waals surface area contributed by atoms with Crippen molar-refractivity contribution in [2.75, 3.05) is 12.1 Å². The average molecular weight is 271 g/mol. The maximum atomic E-state index is 9.77. The second-order valence-corrected chi connectivity index (χ2v) is 4.77. The molecule has 0 saturated carbocycles. The van der Waals surface area contributed by atoms with Gasteiger partial charge < -0.3 is 19.9 Å². The van der Waals surface area contributed by atoms with Crippen LogP contribution in [0.25, 0.3) is 0 Å². The predicted octanol–water partition coefficient (Wildman–Crippen LogP) is 3.08. The van der Waals surface area contributed by atoms with Crippen LogP contribution in [0.1, 0.15) is 24.2 Å². The molecule has 1 unspecified atom stereocenters. The zero-order valence-electron chi connectivity index (χ0n) is 11.3. The number of ether oxygens (including phenoxy) is 2. The third kappa shape index (κ3) is 2.42. The standard InChI is InChI=1S/C16H17NO3/c1-11(18)13-6-2-3-7-14(13)17-9-12-5-4-8-15-16(12)20-10-19-15/h2-8,11,17-18H,9-10H2,1H3. The summed E-state index contributed by atoms with van der Waals surface area (Å²) in [7, 11) is 0. The molecule has 0 aromatic heterocycles. The van der Waals surface area contributed by atoms with Gasteiger partial charge in [-0.2, -0.15) is 0 Å². The summed E-state index contributed by atoms with van der Waals surface area (Å²) in [6.45, 7) is 2.66. The van der Waals surface area contributed by atoms with E-state index in [0.29, 0.717) is 6.54 Å². The lowest BCUT2D eigenvalue weighted by Crippen LogP contribution is -2.05. The fourth-order valence-corrected chi connectivity index (χ4v) is 2.34. The fourth-order valence-electron chi connectivity index (χ4n) is 2.34. The van der Waals surface area contributed by atoms with E-state index in [1.165, 1.54) is 0 Å². The number of benzene rings is 2. The first-order chi connectivity index (χ1) is 9.75. The molecule has 0 aliphatic carbocycles. The Kier molecular flexibility index (Phi) is 3.48. The van der Waals surface area contributed by atoms with Crippen molar-refractivity contribution in [2.24, 2.45) is 0 Å². The maximum Gasteiger partial charge on any atom is 0.231 e. The van der Waals surface area contributed by atoms with E-state index in [1.54, 1.807) is 6.92 Å². The molecule has 0 saturated heterocycles. The number of hydrogen-bond donors (Lipinski definition) is 2. The Morgan fingerprint density at radius 1 is 1.15 bits per heavy atom. The van der Waals surface area contributed by atoms with Crippen molar-refractivity contribution < 1.29 is 14.6 Å². The zero-order chi connectivity index (χ0) is 13.9. The lowest BCUT2D eigenvalue weighted by atomic mass is 10.1. The summed E-state index contributed by atoms with van der Waals surface area (Å²) in [5, 5.41) is 13.1. The average Bonchev–Trinajstić information content (AvgIpc) is 2.94. The van der Waals surface area contributed by atoms with Crippen LogP contribution in [-0.2, 0) is 6.54 Å². The first-order valence-electron chi connectivity index (χ1n) is 6.64. The molecule has 2 aromatic carbocycles. The van der Waals surface area contributed by atoms with Crippen LogP contribution < -0.4 is 14.8 Å². The van der Waals surface area contributed by atoms with E-state index in [4.69, 9.17) is 9.47 Å². The number of aliphatic hydroxyl groups is 1. The molecule has 2 N–H and O–H groups in total. The van der Waals surface area contributed by atoms with Crippen molar-refractivity contribution in [1.82, 2.24) is 0 Å². The molecule has 1 heterocycles. The number of fused-ring (bicyclic) bond motifs is 1. The predicted molar refractivity (Wildman–Crippen MR) is 77.0 cm³/mol. The molecular formula is C16H17NO3. The number of anilines is 1. The molecule has 4 heteroatoms.